The van der Waals surface area contributed by atoms with E-state index in [4.69, 9.17) is 5.26 Å². The van der Waals surface area contributed by atoms with Crippen LogP contribution < -0.4 is 5.12 Å². The molecule has 0 bridgehead atoms. The molecule has 1 heterocycles. The highest BCUT2D eigenvalue weighted by Gasteiger charge is 2.28. The van der Waals surface area contributed by atoms with Crippen molar-refractivity contribution in [2.75, 3.05) is 12.2 Å². The van der Waals surface area contributed by atoms with Gasteiger partial charge in [0, 0.05) is 18.7 Å². The average Bonchev–Trinajstić information content (AvgIpc) is 2.87. The number of rotatable bonds is 7. The highest BCUT2D eigenvalue weighted by Crippen LogP contribution is 2.22. The van der Waals surface area contributed by atoms with Gasteiger partial charge in [0.1, 0.15) is 11.8 Å². The summed E-state index contributed by atoms with van der Waals surface area (Å²) in [6.45, 7) is 2.16. The van der Waals surface area contributed by atoms with E-state index in [0.717, 1.165) is 22.3 Å². The predicted molar refractivity (Wildman–Crippen MR) is 77.6 cm³/mol. The summed E-state index contributed by atoms with van der Waals surface area (Å²) in [5.41, 5.74) is 0.0500. The van der Waals surface area contributed by atoms with Gasteiger partial charge in [-0.25, -0.2) is 10.1 Å². The molecule has 0 radical (unpaired) electrons. The molecule has 118 valence electrons. The molecule has 1 aromatic heterocycles. The maximum absolute atomic E-state index is 13.0. The van der Waals surface area contributed by atoms with Crippen LogP contribution in [0.15, 0.2) is 25.1 Å². The Kier molecular flexibility index (Phi) is 6.09. The van der Waals surface area contributed by atoms with E-state index in [9.17, 15) is 18.8 Å². The molecule has 7 nitrogen and oxygen atoms in total. The Morgan fingerprint density at radius 3 is 2.68 bits per heavy atom. The molecule has 0 amide bonds. The van der Waals surface area contributed by atoms with Gasteiger partial charge in [0.25, 0.3) is 0 Å². The van der Waals surface area contributed by atoms with Gasteiger partial charge < -0.3 is 10.0 Å². The molecule has 10 heteroatoms. The number of alkyl halides is 2. The lowest BCUT2D eigenvalue weighted by molar-refractivity contribution is -0.0161. The summed E-state index contributed by atoms with van der Waals surface area (Å²) >= 11 is 0. The Balaban J connectivity index is 3.46. The Morgan fingerprint density at radius 1 is 1.64 bits per heavy atom. The molecule has 0 unspecified atom stereocenters. The summed E-state index contributed by atoms with van der Waals surface area (Å²) in [6, 6.07) is 1.85. The molecule has 0 atom stereocenters. The van der Waals surface area contributed by atoms with Crippen molar-refractivity contribution in [1.82, 2.24) is 14.9 Å². The van der Waals surface area contributed by atoms with Crippen molar-refractivity contribution in [3.63, 3.8) is 0 Å². The van der Waals surface area contributed by atoms with Gasteiger partial charge in [0.15, 0.2) is 0 Å². The van der Waals surface area contributed by atoms with Gasteiger partial charge in [-0.15, -0.1) is 0 Å². The molecule has 1 aromatic rings. The lowest BCUT2D eigenvalue weighted by atomic mass is 9.76. The average molecular weight is 311 g/mol. The van der Waals surface area contributed by atoms with E-state index < -0.39 is 13.7 Å². The van der Waals surface area contributed by atoms with Crippen LogP contribution in [-0.4, -0.2) is 45.7 Å². The molecular weight excluding hydrogens is 295 g/mol. The van der Waals surface area contributed by atoms with Gasteiger partial charge in [-0.1, -0.05) is 19.6 Å². The largest absolute Gasteiger partial charge is 0.490 e. The number of halogens is 2. The van der Waals surface area contributed by atoms with Crippen molar-refractivity contribution in [2.45, 2.75) is 19.9 Å². The SMILES string of the molecule is C=CN(C(F)F)N(C)n1ncc(C#N)c1/C(=C\CC)B(O)O. The van der Waals surface area contributed by atoms with Gasteiger partial charge >= 0.3 is 13.7 Å². The zero-order valence-corrected chi connectivity index (χ0v) is 12.2. The van der Waals surface area contributed by atoms with E-state index in [0.29, 0.717) is 11.4 Å². The third kappa shape index (κ3) is 3.44. The van der Waals surface area contributed by atoms with Crippen LogP contribution in [0.2, 0.25) is 0 Å². The summed E-state index contributed by atoms with van der Waals surface area (Å²) in [6.07, 6.45) is 3.98. The molecule has 0 aliphatic heterocycles. The molecule has 0 saturated heterocycles. The molecule has 0 aromatic carbocycles. The van der Waals surface area contributed by atoms with Crippen molar-refractivity contribution in [1.29, 1.82) is 5.26 Å². The maximum Gasteiger partial charge on any atom is 0.490 e. The fourth-order valence-electron chi connectivity index (χ4n) is 1.88. The van der Waals surface area contributed by atoms with Gasteiger partial charge in [0.2, 0.25) is 0 Å². The minimum absolute atomic E-state index is 0.00155. The first-order valence-corrected chi connectivity index (χ1v) is 6.36. The second-order valence-electron chi connectivity index (χ2n) is 4.18. The summed E-state index contributed by atoms with van der Waals surface area (Å²) in [5.74, 6) is 0. The van der Waals surface area contributed by atoms with Crippen LogP contribution in [0.1, 0.15) is 24.6 Å². The van der Waals surface area contributed by atoms with Crippen LogP contribution >= 0.6 is 0 Å². The maximum atomic E-state index is 13.0. The Bertz CT molecular complexity index is 597. The Labute approximate surface area is 127 Å². The van der Waals surface area contributed by atoms with E-state index in [1.807, 2.05) is 6.07 Å². The lowest BCUT2D eigenvalue weighted by Gasteiger charge is -2.32. The molecule has 1 rings (SSSR count). The zero-order chi connectivity index (χ0) is 16.9. The summed E-state index contributed by atoms with van der Waals surface area (Å²) in [4.78, 5) is 0.979. The number of nitrogens with zero attached hydrogens (tertiary/aromatic N) is 5. The highest BCUT2D eigenvalue weighted by molar-refractivity contribution is 6.65. The van der Waals surface area contributed by atoms with E-state index in [1.165, 1.54) is 13.1 Å². The second kappa shape index (κ2) is 7.58. The molecule has 0 aliphatic rings. The molecule has 2 N–H and O–H groups in total. The first-order chi connectivity index (χ1) is 10.4. The van der Waals surface area contributed by atoms with Crippen LogP contribution in [0.25, 0.3) is 5.47 Å². The lowest BCUT2D eigenvalue weighted by Crippen LogP contribution is -2.48. The van der Waals surface area contributed by atoms with Crippen LogP contribution in [0.5, 0.6) is 0 Å². The molecule has 0 saturated carbocycles. The van der Waals surface area contributed by atoms with Crippen LogP contribution in [0, 0.1) is 11.3 Å². The van der Waals surface area contributed by atoms with Crippen LogP contribution in [-0.2, 0) is 0 Å². The third-order valence-corrected chi connectivity index (χ3v) is 2.84. The van der Waals surface area contributed by atoms with Gasteiger partial charge in [-0.3, -0.25) is 0 Å². The Morgan fingerprint density at radius 2 is 2.27 bits per heavy atom. The monoisotopic (exact) mass is 311 g/mol. The Hall–Kier alpha value is -2.38. The number of allylic oxidation sites excluding steroid dienone is 1. The fourth-order valence-corrected chi connectivity index (χ4v) is 1.88. The molecule has 0 aliphatic carbocycles. The molecular formula is C12H16BF2N5O2. The van der Waals surface area contributed by atoms with Gasteiger partial charge in [-0.05, 0) is 6.42 Å². The molecule has 0 spiro atoms. The molecule has 0 fully saturated rings. The van der Waals surface area contributed by atoms with E-state index >= 15 is 0 Å². The topological polar surface area (TPSA) is 88.6 Å². The number of aromatic nitrogens is 2. The van der Waals surface area contributed by atoms with Crippen molar-refractivity contribution in [3.05, 3.63) is 36.3 Å². The summed E-state index contributed by atoms with van der Waals surface area (Å²) < 4.78 is 25.9. The van der Waals surface area contributed by atoms with E-state index in [2.05, 4.69) is 11.7 Å². The highest BCUT2D eigenvalue weighted by atomic mass is 19.3. The summed E-state index contributed by atoms with van der Waals surface area (Å²) in [7, 11) is -0.599. The van der Waals surface area contributed by atoms with E-state index in [-0.39, 0.29) is 16.7 Å². The number of nitriles is 1. The quantitative estimate of drug-likeness (QED) is 0.438. The number of hydrogen-bond acceptors (Lipinski definition) is 6. The summed E-state index contributed by atoms with van der Waals surface area (Å²) in [5, 5.41) is 33.3. The van der Waals surface area contributed by atoms with Crippen molar-refractivity contribution in [3.8, 4) is 6.07 Å². The first kappa shape index (κ1) is 17.7. The smallest absolute Gasteiger partial charge is 0.423 e. The van der Waals surface area contributed by atoms with E-state index in [1.54, 1.807) is 6.92 Å². The first-order valence-electron chi connectivity index (χ1n) is 6.36. The minimum atomic E-state index is -2.89. The predicted octanol–water partition coefficient (Wildman–Crippen LogP) is 0.711. The van der Waals surface area contributed by atoms with Crippen LogP contribution in [0.4, 0.5) is 8.78 Å². The third-order valence-electron chi connectivity index (χ3n) is 2.84. The van der Waals surface area contributed by atoms with Gasteiger partial charge in [0.05, 0.1) is 11.8 Å². The molecule has 22 heavy (non-hydrogen) atoms. The van der Waals surface area contributed by atoms with Crippen LogP contribution in [0.3, 0.4) is 0 Å². The number of hydrogen-bond donors (Lipinski definition) is 2. The second-order valence-corrected chi connectivity index (χ2v) is 4.18. The van der Waals surface area contributed by atoms with Crippen molar-refractivity contribution in [2.24, 2.45) is 0 Å². The minimum Gasteiger partial charge on any atom is -0.423 e. The van der Waals surface area contributed by atoms with Gasteiger partial charge in [-0.2, -0.15) is 23.9 Å². The normalized spacial score (nSPS) is 11.3. The number of hydrazine groups is 1. The van der Waals surface area contributed by atoms with Crippen molar-refractivity contribution >= 4 is 12.6 Å². The standard InChI is InChI=1S/C12H16BF2N5O2/c1-4-6-10(13(21)22)11-9(7-16)8-17-20(11)18(3)19(5-2)12(14)15/h5-6,8,12,21-22H,2,4H2,1,3H3/b10-6+. The van der Waals surface area contributed by atoms with Crippen molar-refractivity contribution < 1.29 is 18.8 Å². The fraction of sp³-hybridized carbons (Fsp3) is 0.333. The zero-order valence-electron chi connectivity index (χ0n) is 12.2.